The molecule has 1 amide bonds. The van der Waals surface area contributed by atoms with Gasteiger partial charge < -0.3 is 10.1 Å². The first-order valence-electron chi connectivity index (χ1n) is 12.4. The standard InChI is InChI=1S/C26H31Cl2F2N5O4S/c1-25(2,3)13-20-26(14-31,17-9-8-15(27)12-19(17)29)21(16-6-4-7-18(28)22(16)30)23(35-20)39-24(36)33-10-5-11-34-40(32,37)38/h4,6-9,12,20-21,23,34-35H,5,10-11,13H2,1-3H3,(H,33,36)(H2,32,37,38)/t20-,21-,23+,26-/m0/s1. The van der Waals surface area contributed by atoms with Crippen molar-refractivity contribution >= 4 is 39.5 Å². The van der Waals surface area contributed by atoms with Crippen LogP contribution in [0.15, 0.2) is 36.4 Å². The number of halogens is 4. The van der Waals surface area contributed by atoms with Gasteiger partial charge in [-0.1, -0.05) is 62.2 Å². The number of nitrogens with two attached hydrogens (primary N) is 1. The molecular formula is C26H31Cl2F2N5O4S. The number of amides is 1. The van der Waals surface area contributed by atoms with E-state index in [0.29, 0.717) is 6.42 Å². The van der Waals surface area contributed by atoms with E-state index in [1.165, 1.54) is 30.3 Å². The molecule has 0 aliphatic carbocycles. The third kappa shape index (κ3) is 7.40. The molecule has 0 unspecified atom stereocenters. The molecule has 0 spiro atoms. The second-order valence-electron chi connectivity index (χ2n) is 10.8. The third-order valence-electron chi connectivity index (χ3n) is 6.56. The van der Waals surface area contributed by atoms with Crippen LogP contribution in [0.1, 0.15) is 50.7 Å². The van der Waals surface area contributed by atoms with Gasteiger partial charge in [-0.3, -0.25) is 5.32 Å². The molecule has 5 N–H and O–H groups in total. The monoisotopic (exact) mass is 617 g/mol. The predicted octanol–water partition coefficient (Wildman–Crippen LogP) is 4.46. The topological polar surface area (TPSA) is 146 Å². The Hall–Kier alpha value is -2.53. The first-order chi connectivity index (χ1) is 18.6. The number of nitriles is 1. The average Bonchev–Trinajstić information content (AvgIpc) is 3.11. The van der Waals surface area contributed by atoms with Crippen LogP contribution in [0.5, 0.6) is 0 Å². The maximum atomic E-state index is 15.6. The van der Waals surface area contributed by atoms with Crippen LogP contribution in [-0.4, -0.2) is 39.9 Å². The molecule has 0 radical (unpaired) electrons. The van der Waals surface area contributed by atoms with Crippen molar-refractivity contribution in [1.82, 2.24) is 15.4 Å². The van der Waals surface area contributed by atoms with Gasteiger partial charge in [-0.15, -0.1) is 0 Å². The van der Waals surface area contributed by atoms with Crippen molar-refractivity contribution in [2.45, 2.75) is 57.2 Å². The van der Waals surface area contributed by atoms with E-state index in [9.17, 15) is 18.5 Å². The molecule has 1 aliphatic rings. The zero-order valence-electron chi connectivity index (χ0n) is 22.1. The van der Waals surface area contributed by atoms with Crippen molar-refractivity contribution in [3.05, 3.63) is 69.2 Å². The summed E-state index contributed by atoms with van der Waals surface area (Å²) in [5, 5.41) is 21.2. The zero-order valence-corrected chi connectivity index (χ0v) is 24.4. The first kappa shape index (κ1) is 32.0. The number of carbonyl (C=O) groups is 1. The lowest BCUT2D eigenvalue weighted by Gasteiger charge is -2.37. The Labute approximate surface area is 242 Å². The summed E-state index contributed by atoms with van der Waals surface area (Å²) in [7, 11) is -3.88. The molecule has 0 aromatic heterocycles. The number of ether oxygens (including phenoxy) is 1. The van der Waals surface area contributed by atoms with Gasteiger partial charge in [0.1, 0.15) is 17.0 Å². The predicted molar refractivity (Wildman–Crippen MR) is 148 cm³/mol. The van der Waals surface area contributed by atoms with Crippen molar-refractivity contribution in [1.29, 1.82) is 5.26 Å². The number of hydrogen-bond donors (Lipinski definition) is 4. The van der Waals surface area contributed by atoms with E-state index in [4.69, 9.17) is 33.1 Å². The Morgan fingerprint density at radius 2 is 1.93 bits per heavy atom. The van der Waals surface area contributed by atoms with E-state index < -0.39 is 51.5 Å². The number of alkyl carbamates (subject to hydrolysis) is 1. The zero-order chi connectivity index (χ0) is 29.9. The minimum absolute atomic E-state index is 0.0187. The highest BCUT2D eigenvalue weighted by Crippen LogP contribution is 2.52. The van der Waals surface area contributed by atoms with Crippen LogP contribution in [0.3, 0.4) is 0 Å². The first-order valence-corrected chi connectivity index (χ1v) is 14.7. The van der Waals surface area contributed by atoms with Crippen LogP contribution in [0.2, 0.25) is 10.0 Å². The summed E-state index contributed by atoms with van der Waals surface area (Å²) in [6.07, 6.45) is -1.68. The molecule has 1 fully saturated rings. The highest BCUT2D eigenvalue weighted by molar-refractivity contribution is 7.87. The molecule has 4 atom stereocenters. The second kappa shape index (κ2) is 12.5. The average molecular weight is 619 g/mol. The SMILES string of the molecule is CC(C)(C)C[C@@H]1N[C@H](OC(=O)NCCCNS(N)(=O)=O)[C@H](c2cccc(Cl)c2F)[C@@]1(C#N)c1ccc(Cl)cc1F. The third-order valence-corrected chi connectivity index (χ3v) is 7.70. The molecule has 9 nitrogen and oxygen atoms in total. The van der Waals surface area contributed by atoms with Gasteiger partial charge >= 0.3 is 6.09 Å². The van der Waals surface area contributed by atoms with Crippen LogP contribution >= 0.6 is 23.2 Å². The molecule has 0 saturated carbocycles. The van der Waals surface area contributed by atoms with Crippen molar-refractivity contribution in [3.8, 4) is 6.07 Å². The van der Waals surface area contributed by atoms with Crippen LogP contribution in [-0.2, 0) is 20.4 Å². The number of nitrogens with zero attached hydrogens (tertiary/aromatic N) is 1. The molecule has 1 saturated heterocycles. The summed E-state index contributed by atoms with van der Waals surface area (Å²) in [5.41, 5.74) is -2.21. The van der Waals surface area contributed by atoms with Gasteiger partial charge in [0.05, 0.1) is 17.0 Å². The summed E-state index contributed by atoms with van der Waals surface area (Å²) < 4.78 is 60.9. The minimum Gasteiger partial charge on any atom is -0.430 e. The molecule has 3 rings (SSSR count). The van der Waals surface area contributed by atoms with Crippen LogP contribution in [0.4, 0.5) is 13.6 Å². The van der Waals surface area contributed by atoms with Gasteiger partial charge in [-0.25, -0.2) is 23.4 Å². The Balaban J connectivity index is 2.07. The quantitative estimate of drug-likeness (QED) is 0.306. The molecule has 1 aliphatic heterocycles. The molecular weight excluding hydrogens is 587 g/mol. The molecule has 14 heteroatoms. The second-order valence-corrected chi connectivity index (χ2v) is 13.0. The van der Waals surface area contributed by atoms with Crippen molar-refractivity contribution in [3.63, 3.8) is 0 Å². The molecule has 2 aromatic carbocycles. The summed E-state index contributed by atoms with van der Waals surface area (Å²) in [6.45, 7) is 5.78. The lowest BCUT2D eigenvalue weighted by Crippen LogP contribution is -2.44. The van der Waals surface area contributed by atoms with E-state index in [1.807, 2.05) is 20.8 Å². The lowest BCUT2D eigenvalue weighted by molar-refractivity contribution is 0.0738. The van der Waals surface area contributed by atoms with Gasteiger partial charge in [0.25, 0.3) is 10.2 Å². The normalized spacial score (nSPS) is 23.0. The maximum Gasteiger partial charge on any atom is 0.408 e. The van der Waals surface area contributed by atoms with Gasteiger partial charge in [0.15, 0.2) is 6.23 Å². The van der Waals surface area contributed by atoms with Crippen molar-refractivity contribution < 1.29 is 26.7 Å². The van der Waals surface area contributed by atoms with Crippen molar-refractivity contribution in [2.24, 2.45) is 10.6 Å². The van der Waals surface area contributed by atoms with E-state index in [0.717, 1.165) is 6.07 Å². The Bertz CT molecular complexity index is 1400. The van der Waals surface area contributed by atoms with E-state index in [-0.39, 0.29) is 46.1 Å². The fourth-order valence-corrected chi connectivity index (χ4v) is 5.79. The number of nitrogens with one attached hydrogen (secondary N) is 3. The van der Waals surface area contributed by atoms with Gasteiger partial charge in [-0.2, -0.15) is 13.7 Å². The number of rotatable bonds is 9. The van der Waals surface area contributed by atoms with Crippen LogP contribution in [0.25, 0.3) is 0 Å². The van der Waals surface area contributed by atoms with E-state index in [2.05, 4.69) is 21.4 Å². The summed E-state index contributed by atoms with van der Waals surface area (Å²) >= 11 is 12.1. The highest BCUT2D eigenvalue weighted by atomic mass is 35.5. The summed E-state index contributed by atoms with van der Waals surface area (Å²) in [4.78, 5) is 12.8. The van der Waals surface area contributed by atoms with Crippen LogP contribution < -0.4 is 20.5 Å². The largest absolute Gasteiger partial charge is 0.430 e. The smallest absolute Gasteiger partial charge is 0.408 e. The highest BCUT2D eigenvalue weighted by Gasteiger charge is 2.61. The Morgan fingerprint density at radius 1 is 1.23 bits per heavy atom. The number of benzene rings is 2. The maximum absolute atomic E-state index is 15.6. The Kier molecular flexibility index (Phi) is 10.0. The van der Waals surface area contributed by atoms with E-state index >= 15 is 8.78 Å². The van der Waals surface area contributed by atoms with Crippen molar-refractivity contribution in [2.75, 3.05) is 13.1 Å². The van der Waals surface area contributed by atoms with Gasteiger partial charge in [0.2, 0.25) is 0 Å². The van der Waals surface area contributed by atoms with E-state index in [1.54, 1.807) is 0 Å². The fraction of sp³-hybridized carbons (Fsp3) is 0.462. The Morgan fingerprint density at radius 3 is 2.52 bits per heavy atom. The molecule has 1 heterocycles. The van der Waals surface area contributed by atoms with Gasteiger partial charge in [0, 0.05) is 29.7 Å². The number of carbonyl (C=O) groups excluding carboxylic acids is 1. The minimum atomic E-state index is -3.88. The molecule has 0 bridgehead atoms. The fourth-order valence-electron chi connectivity index (χ4n) is 5.02. The molecule has 40 heavy (non-hydrogen) atoms. The molecule has 218 valence electrons. The number of hydrogen-bond acceptors (Lipinski definition) is 6. The summed E-state index contributed by atoms with van der Waals surface area (Å²) in [5.74, 6) is -2.83. The summed E-state index contributed by atoms with van der Waals surface area (Å²) in [6, 6.07) is 9.60. The van der Waals surface area contributed by atoms with Gasteiger partial charge in [-0.05, 0) is 42.0 Å². The molecule has 2 aromatic rings. The van der Waals surface area contributed by atoms with Crippen LogP contribution in [0, 0.1) is 28.4 Å². The lowest BCUT2D eigenvalue weighted by atomic mass is 9.63.